The van der Waals surface area contributed by atoms with Gasteiger partial charge in [-0.25, -0.2) is 0 Å². The van der Waals surface area contributed by atoms with Crippen LogP contribution in [-0.4, -0.2) is 25.5 Å². The molecule has 0 saturated carbocycles. The molecule has 1 N–H and O–H groups in total. The number of halogens is 3. The molecule has 126 valence electrons. The van der Waals surface area contributed by atoms with Crippen LogP contribution in [0, 0.1) is 13.8 Å². The molecule has 0 aliphatic rings. The number of nitrogens with one attached hydrogen (secondary N) is 1. The van der Waals surface area contributed by atoms with Gasteiger partial charge < -0.3 is 5.32 Å². The van der Waals surface area contributed by atoms with Crippen LogP contribution in [0.2, 0.25) is 0 Å². The topological polar surface area (TPSA) is 64.7 Å². The number of hydrogen-bond donors (Lipinski definition) is 1. The molecule has 6 nitrogen and oxygen atoms in total. The maximum absolute atomic E-state index is 12.6. The zero-order chi connectivity index (χ0) is 17.2. The van der Waals surface area contributed by atoms with E-state index in [4.69, 9.17) is 0 Å². The lowest BCUT2D eigenvalue weighted by molar-refractivity contribution is -0.141. The van der Waals surface area contributed by atoms with Crippen molar-refractivity contribution in [3.8, 4) is 0 Å². The minimum Gasteiger partial charge on any atom is -0.350 e. The minimum atomic E-state index is -4.48. The number of hydrogen-bond acceptors (Lipinski definition) is 3. The zero-order valence-electron chi connectivity index (χ0n) is 13.1. The van der Waals surface area contributed by atoms with Crippen molar-refractivity contribution in [1.82, 2.24) is 24.9 Å². The Labute approximate surface area is 131 Å². The highest BCUT2D eigenvalue weighted by atomic mass is 19.4. The molecule has 1 amide bonds. The molecule has 0 atom stereocenters. The zero-order valence-corrected chi connectivity index (χ0v) is 13.1. The van der Waals surface area contributed by atoms with Gasteiger partial charge in [0.05, 0.1) is 17.9 Å². The number of aryl methyl sites for hydroxylation is 4. The maximum atomic E-state index is 12.6. The van der Waals surface area contributed by atoms with Crippen molar-refractivity contribution in [3.63, 3.8) is 0 Å². The molecular formula is C14H18F3N5O. The first-order valence-corrected chi connectivity index (χ1v) is 7.04. The standard InChI is InChI=1S/C14H18F3N5O/c1-9-6-11(21(3)19-9)8-18-13(23)4-5-22-10(2)7-12(20-22)14(15,16)17/h6-7H,4-5,8H2,1-3H3,(H,18,23). The van der Waals surface area contributed by atoms with E-state index in [1.807, 2.05) is 13.0 Å². The highest BCUT2D eigenvalue weighted by Crippen LogP contribution is 2.28. The molecule has 0 aliphatic carbocycles. The summed E-state index contributed by atoms with van der Waals surface area (Å²) in [7, 11) is 1.78. The number of nitrogens with zero attached hydrogens (tertiary/aromatic N) is 4. The Hall–Kier alpha value is -2.32. The summed E-state index contributed by atoms with van der Waals surface area (Å²) >= 11 is 0. The van der Waals surface area contributed by atoms with Crippen molar-refractivity contribution in [2.45, 2.75) is 39.5 Å². The summed E-state index contributed by atoms with van der Waals surface area (Å²) in [6.45, 7) is 3.79. The average molecular weight is 329 g/mol. The van der Waals surface area contributed by atoms with Gasteiger partial charge in [-0.2, -0.15) is 23.4 Å². The third-order valence-electron chi connectivity index (χ3n) is 3.39. The Morgan fingerprint density at radius 2 is 1.96 bits per heavy atom. The minimum absolute atomic E-state index is 0.0522. The largest absolute Gasteiger partial charge is 0.435 e. The summed E-state index contributed by atoms with van der Waals surface area (Å²) in [4.78, 5) is 11.8. The molecule has 2 rings (SSSR count). The van der Waals surface area contributed by atoms with E-state index in [2.05, 4.69) is 15.5 Å². The molecule has 0 radical (unpaired) electrons. The van der Waals surface area contributed by atoms with Crippen molar-refractivity contribution in [3.05, 3.63) is 34.9 Å². The first-order chi connectivity index (χ1) is 10.7. The van der Waals surface area contributed by atoms with Crippen molar-refractivity contribution in [1.29, 1.82) is 0 Å². The van der Waals surface area contributed by atoms with Crippen LogP contribution in [-0.2, 0) is 31.1 Å². The summed E-state index contributed by atoms with van der Waals surface area (Å²) < 4.78 is 40.6. The van der Waals surface area contributed by atoms with Crippen LogP contribution in [0.25, 0.3) is 0 Å². The highest BCUT2D eigenvalue weighted by Gasteiger charge is 2.34. The second-order valence-corrected chi connectivity index (χ2v) is 5.32. The average Bonchev–Trinajstić information content (AvgIpc) is 2.96. The van der Waals surface area contributed by atoms with Crippen LogP contribution in [0.4, 0.5) is 13.2 Å². The lowest BCUT2D eigenvalue weighted by Crippen LogP contribution is -2.25. The lowest BCUT2D eigenvalue weighted by Gasteiger charge is -2.07. The molecular weight excluding hydrogens is 311 g/mol. The lowest BCUT2D eigenvalue weighted by atomic mass is 10.3. The van der Waals surface area contributed by atoms with Crippen LogP contribution in [0.5, 0.6) is 0 Å². The van der Waals surface area contributed by atoms with E-state index < -0.39 is 11.9 Å². The van der Waals surface area contributed by atoms with Gasteiger partial charge in [0.25, 0.3) is 0 Å². The molecule has 0 aromatic carbocycles. The van der Waals surface area contributed by atoms with Gasteiger partial charge in [-0.05, 0) is 26.0 Å². The fourth-order valence-electron chi connectivity index (χ4n) is 2.19. The third-order valence-corrected chi connectivity index (χ3v) is 3.39. The van der Waals surface area contributed by atoms with Gasteiger partial charge in [-0.3, -0.25) is 14.2 Å². The molecule has 0 bridgehead atoms. The number of rotatable bonds is 5. The van der Waals surface area contributed by atoms with Crippen molar-refractivity contribution < 1.29 is 18.0 Å². The normalized spacial score (nSPS) is 11.7. The number of carbonyl (C=O) groups is 1. The third kappa shape index (κ3) is 4.33. The van der Waals surface area contributed by atoms with Gasteiger partial charge in [0.15, 0.2) is 5.69 Å². The van der Waals surface area contributed by atoms with Crippen LogP contribution < -0.4 is 5.32 Å². The molecule has 2 aromatic rings. The molecule has 0 saturated heterocycles. The Bertz CT molecular complexity index is 702. The second kappa shape index (κ2) is 6.43. The van der Waals surface area contributed by atoms with Gasteiger partial charge in [0.1, 0.15) is 0 Å². The smallest absolute Gasteiger partial charge is 0.350 e. The quantitative estimate of drug-likeness (QED) is 0.912. The predicted molar refractivity (Wildman–Crippen MR) is 76.4 cm³/mol. The van der Waals surface area contributed by atoms with Gasteiger partial charge in [0, 0.05) is 25.7 Å². The van der Waals surface area contributed by atoms with E-state index in [0.29, 0.717) is 12.2 Å². The number of carbonyl (C=O) groups excluding carboxylic acids is 1. The Balaban J connectivity index is 1.87. The Kier molecular flexibility index (Phi) is 4.76. The van der Waals surface area contributed by atoms with Crippen molar-refractivity contribution in [2.24, 2.45) is 7.05 Å². The fourth-order valence-corrected chi connectivity index (χ4v) is 2.19. The van der Waals surface area contributed by atoms with Gasteiger partial charge in [-0.15, -0.1) is 0 Å². The molecule has 23 heavy (non-hydrogen) atoms. The molecule has 0 spiro atoms. The van der Waals surface area contributed by atoms with Gasteiger partial charge in [-0.1, -0.05) is 0 Å². The van der Waals surface area contributed by atoms with E-state index in [1.54, 1.807) is 11.7 Å². The van der Waals surface area contributed by atoms with E-state index in [-0.39, 0.29) is 18.9 Å². The summed E-state index contributed by atoms with van der Waals surface area (Å²) in [5.41, 5.74) is 1.13. The van der Waals surface area contributed by atoms with E-state index >= 15 is 0 Å². The Morgan fingerprint density at radius 3 is 2.48 bits per heavy atom. The maximum Gasteiger partial charge on any atom is 0.435 e. The monoisotopic (exact) mass is 329 g/mol. The highest BCUT2D eigenvalue weighted by molar-refractivity contribution is 5.75. The van der Waals surface area contributed by atoms with Crippen LogP contribution in [0.1, 0.15) is 29.2 Å². The van der Waals surface area contributed by atoms with E-state index in [1.165, 1.54) is 11.6 Å². The second-order valence-electron chi connectivity index (χ2n) is 5.32. The molecule has 2 heterocycles. The van der Waals surface area contributed by atoms with Crippen LogP contribution in [0.3, 0.4) is 0 Å². The molecule has 2 aromatic heterocycles. The number of aromatic nitrogens is 4. The van der Waals surface area contributed by atoms with Crippen LogP contribution >= 0.6 is 0 Å². The van der Waals surface area contributed by atoms with Crippen molar-refractivity contribution in [2.75, 3.05) is 0 Å². The summed E-state index contributed by atoms with van der Waals surface area (Å²) in [5, 5.41) is 10.4. The van der Waals surface area contributed by atoms with E-state index in [9.17, 15) is 18.0 Å². The number of amides is 1. The predicted octanol–water partition coefficient (Wildman–Crippen LogP) is 1.96. The molecule has 0 aliphatic heterocycles. The van der Waals surface area contributed by atoms with Gasteiger partial charge in [0.2, 0.25) is 5.91 Å². The van der Waals surface area contributed by atoms with E-state index in [0.717, 1.165) is 17.5 Å². The molecule has 0 fully saturated rings. The Morgan fingerprint density at radius 1 is 1.26 bits per heavy atom. The summed E-state index contributed by atoms with van der Waals surface area (Å²) in [6.07, 6.45) is -4.42. The van der Waals surface area contributed by atoms with Crippen molar-refractivity contribution >= 4 is 5.91 Å². The molecule has 9 heteroatoms. The fraction of sp³-hybridized carbons (Fsp3) is 0.500. The first kappa shape index (κ1) is 17.0. The first-order valence-electron chi connectivity index (χ1n) is 7.04. The molecule has 0 unspecified atom stereocenters. The number of alkyl halides is 3. The summed E-state index contributed by atoms with van der Waals surface area (Å²) in [5.74, 6) is -0.257. The van der Waals surface area contributed by atoms with Gasteiger partial charge >= 0.3 is 6.18 Å². The summed E-state index contributed by atoms with van der Waals surface area (Å²) in [6, 6.07) is 2.82. The SMILES string of the molecule is Cc1cc(CNC(=O)CCn2nc(C(F)(F)F)cc2C)n(C)n1. The van der Waals surface area contributed by atoms with Crippen LogP contribution in [0.15, 0.2) is 12.1 Å².